The second-order valence-corrected chi connectivity index (χ2v) is 7.14. The van der Waals surface area contributed by atoms with Gasteiger partial charge in [0, 0.05) is 36.2 Å². The van der Waals surface area contributed by atoms with Crippen LogP contribution < -0.4 is 4.74 Å². The molecule has 0 saturated heterocycles. The molecule has 4 rings (SSSR count). The van der Waals surface area contributed by atoms with Crippen molar-refractivity contribution in [2.75, 3.05) is 7.11 Å². The monoisotopic (exact) mass is 432 g/mol. The van der Waals surface area contributed by atoms with Gasteiger partial charge in [-0.3, -0.25) is 4.98 Å². The lowest BCUT2D eigenvalue weighted by molar-refractivity contribution is -0.141. The van der Waals surface area contributed by atoms with Crippen LogP contribution >= 0.6 is 11.6 Å². The molecule has 0 N–H and O–H groups in total. The number of fused-ring (bicyclic) bond motifs is 1. The first kappa shape index (κ1) is 20.2. The average molecular weight is 433 g/mol. The Morgan fingerprint density at radius 1 is 1.13 bits per heavy atom. The highest BCUT2D eigenvalue weighted by atomic mass is 35.5. The number of pyridine rings is 2. The standard InChI is InChI=1S/C21H16ClF3N4O/c1-29-11-26-10-17(29)13-4-5-16-14(8-13)19(22)15(20(28-16)30-2)7-12-3-6-18(27-9-12)21(23,24)25/h3-6,8-11H,7H2,1-2H3. The van der Waals surface area contributed by atoms with Gasteiger partial charge in [0.15, 0.2) is 0 Å². The largest absolute Gasteiger partial charge is 0.481 e. The number of ether oxygens (including phenoxy) is 1. The first-order valence-corrected chi connectivity index (χ1v) is 9.30. The van der Waals surface area contributed by atoms with Crippen LogP contribution in [0.15, 0.2) is 49.1 Å². The third kappa shape index (κ3) is 3.70. The molecule has 3 aromatic heterocycles. The first-order chi connectivity index (χ1) is 14.3. The molecule has 0 bridgehead atoms. The van der Waals surface area contributed by atoms with Crippen molar-refractivity contribution in [3.63, 3.8) is 0 Å². The molecule has 0 aliphatic heterocycles. The Morgan fingerprint density at radius 3 is 2.53 bits per heavy atom. The summed E-state index contributed by atoms with van der Waals surface area (Å²) in [5, 5.41) is 1.15. The Balaban J connectivity index is 1.78. The maximum absolute atomic E-state index is 12.8. The van der Waals surface area contributed by atoms with Gasteiger partial charge >= 0.3 is 6.18 Å². The summed E-state index contributed by atoms with van der Waals surface area (Å²) >= 11 is 6.71. The van der Waals surface area contributed by atoms with E-state index in [0.717, 1.165) is 17.3 Å². The number of nitrogens with zero attached hydrogens (tertiary/aromatic N) is 4. The predicted molar refractivity (Wildman–Crippen MR) is 108 cm³/mol. The average Bonchev–Trinajstić information content (AvgIpc) is 3.15. The minimum Gasteiger partial charge on any atom is -0.481 e. The van der Waals surface area contributed by atoms with E-state index in [2.05, 4.69) is 15.0 Å². The van der Waals surface area contributed by atoms with Gasteiger partial charge in [0.2, 0.25) is 5.88 Å². The Hall–Kier alpha value is -3.13. The van der Waals surface area contributed by atoms with Crippen LogP contribution in [0.2, 0.25) is 5.02 Å². The van der Waals surface area contributed by atoms with E-state index in [0.29, 0.717) is 32.9 Å². The van der Waals surface area contributed by atoms with E-state index in [9.17, 15) is 13.2 Å². The van der Waals surface area contributed by atoms with Gasteiger partial charge < -0.3 is 9.30 Å². The maximum atomic E-state index is 12.8. The SMILES string of the molecule is COc1nc2ccc(-c3cncn3C)cc2c(Cl)c1Cc1ccc(C(F)(F)F)nc1. The van der Waals surface area contributed by atoms with Gasteiger partial charge in [-0.15, -0.1) is 0 Å². The highest BCUT2D eigenvalue weighted by molar-refractivity contribution is 6.36. The van der Waals surface area contributed by atoms with Crippen molar-refractivity contribution >= 4 is 22.5 Å². The molecule has 1 aromatic carbocycles. The van der Waals surface area contributed by atoms with Crippen LogP contribution in [0.3, 0.4) is 0 Å². The van der Waals surface area contributed by atoms with Crippen LogP contribution in [0.4, 0.5) is 13.2 Å². The molecule has 30 heavy (non-hydrogen) atoms. The van der Waals surface area contributed by atoms with Gasteiger partial charge in [-0.25, -0.2) is 9.97 Å². The normalized spacial score (nSPS) is 11.8. The molecule has 0 aliphatic carbocycles. The van der Waals surface area contributed by atoms with Crippen molar-refractivity contribution in [1.29, 1.82) is 0 Å². The number of halogens is 4. The van der Waals surface area contributed by atoms with Crippen LogP contribution in [-0.2, 0) is 19.6 Å². The van der Waals surface area contributed by atoms with Gasteiger partial charge in [-0.05, 0) is 23.8 Å². The van der Waals surface area contributed by atoms with Gasteiger partial charge in [0.1, 0.15) is 5.69 Å². The number of imidazole rings is 1. The molecule has 0 aliphatic rings. The minimum absolute atomic E-state index is 0.228. The number of rotatable bonds is 4. The van der Waals surface area contributed by atoms with Crippen molar-refractivity contribution in [2.24, 2.45) is 7.05 Å². The zero-order valence-corrected chi connectivity index (χ0v) is 16.8. The molecule has 4 aromatic rings. The fourth-order valence-electron chi connectivity index (χ4n) is 3.26. The number of hydrogen-bond acceptors (Lipinski definition) is 4. The number of aryl methyl sites for hydroxylation is 1. The molecule has 0 unspecified atom stereocenters. The Morgan fingerprint density at radius 2 is 1.93 bits per heavy atom. The molecule has 0 amide bonds. The molecule has 9 heteroatoms. The molecule has 0 spiro atoms. The van der Waals surface area contributed by atoms with Crippen LogP contribution in [0.1, 0.15) is 16.8 Å². The van der Waals surface area contributed by atoms with Crippen LogP contribution in [0, 0.1) is 0 Å². The summed E-state index contributed by atoms with van der Waals surface area (Å²) in [6, 6.07) is 8.00. The van der Waals surface area contributed by atoms with Crippen LogP contribution in [-0.4, -0.2) is 26.6 Å². The third-order valence-electron chi connectivity index (χ3n) is 4.78. The molecule has 0 radical (unpaired) electrons. The van der Waals surface area contributed by atoms with Gasteiger partial charge in [0.25, 0.3) is 0 Å². The van der Waals surface area contributed by atoms with E-state index >= 15 is 0 Å². The maximum Gasteiger partial charge on any atom is 0.433 e. The molecule has 3 heterocycles. The highest BCUT2D eigenvalue weighted by Crippen LogP contribution is 2.36. The topological polar surface area (TPSA) is 52.8 Å². The Kier molecular flexibility index (Phi) is 5.11. The van der Waals surface area contributed by atoms with E-state index in [1.54, 1.807) is 12.5 Å². The highest BCUT2D eigenvalue weighted by Gasteiger charge is 2.32. The summed E-state index contributed by atoms with van der Waals surface area (Å²) in [5.74, 6) is 0.320. The zero-order valence-electron chi connectivity index (χ0n) is 16.0. The van der Waals surface area contributed by atoms with Gasteiger partial charge in [0.05, 0.1) is 35.9 Å². The fourth-order valence-corrected chi connectivity index (χ4v) is 3.56. The van der Waals surface area contributed by atoms with Gasteiger partial charge in [-0.1, -0.05) is 23.7 Å². The van der Waals surface area contributed by atoms with Crippen LogP contribution in [0.25, 0.3) is 22.2 Å². The molecule has 0 atom stereocenters. The van der Waals surface area contributed by atoms with E-state index < -0.39 is 11.9 Å². The zero-order chi connectivity index (χ0) is 21.5. The second kappa shape index (κ2) is 7.60. The van der Waals surface area contributed by atoms with Crippen molar-refractivity contribution in [3.8, 4) is 17.1 Å². The van der Waals surface area contributed by atoms with Crippen molar-refractivity contribution in [1.82, 2.24) is 19.5 Å². The fraction of sp³-hybridized carbons (Fsp3) is 0.190. The molecular formula is C21H16ClF3N4O. The molecule has 0 saturated carbocycles. The minimum atomic E-state index is -4.49. The Labute approximate surface area is 175 Å². The van der Waals surface area contributed by atoms with Gasteiger partial charge in [-0.2, -0.15) is 13.2 Å². The summed E-state index contributed by atoms with van der Waals surface area (Å²) in [6.45, 7) is 0. The molecule has 5 nitrogen and oxygen atoms in total. The lowest BCUT2D eigenvalue weighted by Gasteiger charge is -2.14. The predicted octanol–water partition coefficient (Wildman–Crippen LogP) is 5.30. The molecule has 0 fully saturated rings. The molecule has 154 valence electrons. The number of benzene rings is 1. The second-order valence-electron chi connectivity index (χ2n) is 6.76. The molecular weight excluding hydrogens is 417 g/mol. The Bertz CT molecular complexity index is 1220. The summed E-state index contributed by atoms with van der Waals surface area (Å²) < 4.78 is 45.6. The summed E-state index contributed by atoms with van der Waals surface area (Å²) in [6.07, 6.45) is 0.388. The summed E-state index contributed by atoms with van der Waals surface area (Å²) in [4.78, 5) is 12.2. The van der Waals surface area contributed by atoms with E-state index in [1.807, 2.05) is 29.8 Å². The first-order valence-electron chi connectivity index (χ1n) is 8.93. The lowest BCUT2D eigenvalue weighted by Crippen LogP contribution is -2.08. The van der Waals surface area contributed by atoms with Crippen LogP contribution in [0.5, 0.6) is 5.88 Å². The quantitative estimate of drug-likeness (QED) is 0.439. The summed E-state index contributed by atoms with van der Waals surface area (Å²) in [5.41, 5.74) is 2.68. The number of alkyl halides is 3. The van der Waals surface area contributed by atoms with Crippen molar-refractivity contribution in [3.05, 3.63) is 70.9 Å². The van der Waals surface area contributed by atoms with Crippen molar-refractivity contribution in [2.45, 2.75) is 12.6 Å². The van der Waals surface area contributed by atoms with E-state index in [1.165, 1.54) is 19.4 Å². The summed E-state index contributed by atoms with van der Waals surface area (Å²) in [7, 11) is 3.37. The smallest absolute Gasteiger partial charge is 0.433 e. The van der Waals surface area contributed by atoms with E-state index in [-0.39, 0.29) is 6.42 Å². The van der Waals surface area contributed by atoms with E-state index in [4.69, 9.17) is 16.3 Å². The third-order valence-corrected chi connectivity index (χ3v) is 5.21. The number of methoxy groups -OCH3 is 1. The number of hydrogen-bond donors (Lipinski definition) is 0. The lowest BCUT2D eigenvalue weighted by atomic mass is 10.0. The number of aromatic nitrogens is 4. The van der Waals surface area contributed by atoms with Crippen molar-refractivity contribution < 1.29 is 17.9 Å².